The highest BCUT2D eigenvalue weighted by molar-refractivity contribution is 8.14. The lowest BCUT2D eigenvalue weighted by Crippen LogP contribution is -1.89. The number of hydrogen-bond acceptors (Lipinski definition) is 3. The Morgan fingerprint density at radius 3 is 2.62 bits per heavy atom. The number of rotatable bonds is 2. The van der Waals surface area contributed by atoms with E-state index in [1.165, 1.54) is 13.3 Å². The molecule has 1 aromatic heterocycles. The second-order valence-electron chi connectivity index (χ2n) is 3.09. The molecule has 0 spiro atoms. The van der Waals surface area contributed by atoms with E-state index in [1.807, 2.05) is 0 Å². The van der Waals surface area contributed by atoms with Crippen LogP contribution in [0.15, 0.2) is 23.2 Å². The molecule has 86 valence electrons. The summed E-state index contributed by atoms with van der Waals surface area (Å²) in [6, 6.07) is 3.13. The summed E-state index contributed by atoms with van der Waals surface area (Å²) < 4.78 is 27.6. The molecule has 0 atom stereocenters. The lowest BCUT2D eigenvalue weighted by molar-refractivity contribution is 0.419. The van der Waals surface area contributed by atoms with Gasteiger partial charge in [0.1, 0.15) is 4.90 Å². The van der Waals surface area contributed by atoms with Crippen LogP contribution in [0.2, 0.25) is 5.02 Å². The molecule has 0 aliphatic heterocycles. The number of halogens is 2. The molecular weight excluding hydrogens is 273 g/mol. The monoisotopic (exact) mass is 279 g/mol. The van der Waals surface area contributed by atoms with Gasteiger partial charge >= 0.3 is 0 Å². The van der Waals surface area contributed by atoms with Crippen molar-refractivity contribution in [2.75, 3.05) is 7.11 Å². The molecule has 0 aliphatic carbocycles. The molecule has 0 bridgehead atoms. The predicted octanol–water partition coefficient (Wildman–Crippen LogP) is 2.76. The first-order chi connectivity index (χ1) is 7.45. The summed E-state index contributed by atoms with van der Waals surface area (Å²) in [4.78, 5) is 2.80. The Balaban J connectivity index is 2.87. The summed E-state index contributed by atoms with van der Waals surface area (Å²) in [6.07, 6.45) is 1.31. The van der Waals surface area contributed by atoms with Gasteiger partial charge in [0.25, 0.3) is 9.05 Å². The number of benzene rings is 1. The second-order valence-corrected chi connectivity index (χ2v) is 6.04. The van der Waals surface area contributed by atoms with E-state index in [2.05, 4.69) is 4.98 Å². The van der Waals surface area contributed by atoms with E-state index in [-0.39, 0.29) is 4.90 Å². The van der Waals surface area contributed by atoms with Crippen LogP contribution in [0.25, 0.3) is 10.9 Å². The maximum atomic E-state index is 11.3. The number of fused-ring (bicyclic) bond motifs is 1. The molecule has 0 radical (unpaired) electrons. The Morgan fingerprint density at radius 2 is 2.06 bits per heavy atom. The highest BCUT2D eigenvalue weighted by atomic mass is 35.7. The van der Waals surface area contributed by atoms with Gasteiger partial charge in [0.05, 0.1) is 17.6 Å². The first-order valence-corrected chi connectivity index (χ1v) is 6.92. The van der Waals surface area contributed by atoms with Gasteiger partial charge in [-0.05, 0) is 12.1 Å². The van der Waals surface area contributed by atoms with Crippen LogP contribution in [-0.2, 0) is 9.05 Å². The average Bonchev–Trinajstić information content (AvgIpc) is 2.60. The quantitative estimate of drug-likeness (QED) is 0.860. The van der Waals surface area contributed by atoms with Crippen LogP contribution in [0.4, 0.5) is 0 Å². The van der Waals surface area contributed by atoms with Crippen LogP contribution in [0.3, 0.4) is 0 Å². The SMILES string of the molecule is COc1c(Cl)ccc2c(S(=O)(=O)Cl)c[nH]c12. The van der Waals surface area contributed by atoms with Crippen molar-refractivity contribution in [3.63, 3.8) is 0 Å². The summed E-state index contributed by atoms with van der Waals surface area (Å²) in [5.74, 6) is 0.394. The van der Waals surface area contributed by atoms with Crippen LogP contribution in [-0.4, -0.2) is 20.5 Å². The Hall–Kier alpha value is -0.910. The van der Waals surface area contributed by atoms with Crippen LogP contribution in [0.1, 0.15) is 0 Å². The Bertz CT molecular complexity index is 648. The Morgan fingerprint density at radius 1 is 1.38 bits per heavy atom. The van der Waals surface area contributed by atoms with Crippen LogP contribution < -0.4 is 4.74 Å². The van der Waals surface area contributed by atoms with E-state index >= 15 is 0 Å². The molecule has 0 fully saturated rings. The van der Waals surface area contributed by atoms with E-state index in [1.54, 1.807) is 12.1 Å². The molecule has 4 nitrogen and oxygen atoms in total. The van der Waals surface area contributed by atoms with Gasteiger partial charge < -0.3 is 9.72 Å². The van der Waals surface area contributed by atoms with Gasteiger partial charge in [-0.15, -0.1) is 0 Å². The fourth-order valence-corrected chi connectivity index (χ4v) is 2.77. The molecule has 1 heterocycles. The number of aromatic nitrogens is 1. The smallest absolute Gasteiger partial charge is 0.263 e. The van der Waals surface area contributed by atoms with E-state index in [4.69, 9.17) is 27.0 Å². The minimum Gasteiger partial charge on any atom is -0.493 e. The number of nitrogens with one attached hydrogen (secondary N) is 1. The Labute approximate surface area is 102 Å². The fraction of sp³-hybridized carbons (Fsp3) is 0.111. The van der Waals surface area contributed by atoms with Gasteiger partial charge in [0.15, 0.2) is 5.75 Å². The number of ether oxygens (including phenoxy) is 1. The van der Waals surface area contributed by atoms with Crippen molar-refractivity contribution in [3.8, 4) is 5.75 Å². The molecule has 1 aromatic carbocycles. The molecule has 7 heteroatoms. The summed E-state index contributed by atoms with van der Waals surface area (Å²) in [5, 5.41) is 0.853. The highest BCUT2D eigenvalue weighted by Gasteiger charge is 2.19. The molecule has 2 rings (SSSR count). The molecule has 0 amide bonds. The van der Waals surface area contributed by atoms with Gasteiger partial charge in [-0.1, -0.05) is 11.6 Å². The maximum absolute atomic E-state index is 11.3. The third kappa shape index (κ3) is 1.75. The second kappa shape index (κ2) is 3.84. The summed E-state index contributed by atoms with van der Waals surface area (Å²) >= 11 is 5.90. The van der Waals surface area contributed by atoms with Crippen molar-refractivity contribution in [1.82, 2.24) is 4.98 Å². The number of hydrogen-bond donors (Lipinski definition) is 1. The fourth-order valence-electron chi connectivity index (χ4n) is 1.52. The zero-order chi connectivity index (χ0) is 11.9. The van der Waals surface area contributed by atoms with Crippen LogP contribution in [0, 0.1) is 0 Å². The number of H-pyrrole nitrogens is 1. The van der Waals surface area contributed by atoms with Gasteiger partial charge in [-0.25, -0.2) is 8.42 Å². The van der Waals surface area contributed by atoms with Crippen molar-refractivity contribution < 1.29 is 13.2 Å². The van der Waals surface area contributed by atoms with E-state index in [0.717, 1.165) is 0 Å². The van der Waals surface area contributed by atoms with Gasteiger partial charge in [0.2, 0.25) is 0 Å². The van der Waals surface area contributed by atoms with Gasteiger partial charge in [0, 0.05) is 22.3 Å². The normalized spacial score (nSPS) is 11.9. The minimum absolute atomic E-state index is 0.0131. The summed E-state index contributed by atoms with van der Waals surface area (Å²) in [6.45, 7) is 0. The highest BCUT2D eigenvalue weighted by Crippen LogP contribution is 2.36. The van der Waals surface area contributed by atoms with Crippen molar-refractivity contribution in [1.29, 1.82) is 0 Å². The first kappa shape index (κ1) is 11.6. The van der Waals surface area contributed by atoms with E-state index in [0.29, 0.717) is 21.7 Å². The van der Waals surface area contributed by atoms with Crippen molar-refractivity contribution in [2.24, 2.45) is 0 Å². The van der Waals surface area contributed by atoms with Crippen LogP contribution >= 0.6 is 22.3 Å². The topological polar surface area (TPSA) is 59.2 Å². The zero-order valence-corrected chi connectivity index (χ0v) is 10.4. The first-order valence-electron chi connectivity index (χ1n) is 4.23. The third-order valence-corrected chi connectivity index (χ3v) is 3.85. The molecule has 1 N–H and O–H groups in total. The lowest BCUT2D eigenvalue weighted by Gasteiger charge is -2.04. The predicted molar refractivity (Wildman–Crippen MR) is 62.9 cm³/mol. The molecule has 16 heavy (non-hydrogen) atoms. The lowest BCUT2D eigenvalue weighted by atomic mass is 10.2. The van der Waals surface area contributed by atoms with Gasteiger partial charge in [-0.2, -0.15) is 0 Å². The third-order valence-electron chi connectivity index (χ3n) is 2.19. The molecule has 0 aliphatic rings. The number of methoxy groups -OCH3 is 1. The molecule has 0 unspecified atom stereocenters. The minimum atomic E-state index is -3.78. The average molecular weight is 280 g/mol. The van der Waals surface area contributed by atoms with E-state index < -0.39 is 9.05 Å². The van der Waals surface area contributed by atoms with Crippen molar-refractivity contribution >= 4 is 42.2 Å². The number of aromatic amines is 1. The Kier molecular flexibility index (Phi) is 2.77. The summed E-state index contributed by atoms with van der Waals surface area (Å²) in [7, 11) is 2.97. The molecule has 0 saturated carbocycles. The summed E-state index contributed by atoms with van der Waals surface area (Å²) in [5.41, 5.74) is 0.509. The molecule has 2 aromatic rings. The van der Waals surface area contributed by atoms with Crippen molar-refractivity contribution in [2.45, 2.75) is 4.90 Å². The largest absolute Gasteiger partial charge is 0.493 e. The molecular formula is C9H7Cl2NO3S. The van der Waals surface area contributed by atoms with Crippen molar-refractivity contribution in [3.05, 3.63) is 23.4 Å². The maximum Gasteiger partial charge on any atom is 0.263 e. The van der Waals surface area contributed by atoms with Crippen LogP contribution in [0.5, 0.6) is 5.75 Å². The standard InChI is InChI=1S/C9H7Cl2NO3S/c1-15-9-6(10)3-2-5-7(16(11,13)14)4-12-8(5)9/h2-4,12H,1H3. The van der Waals surface area contributed by atoms with Gasteiger partial charge in [-0.3, -0.25) is 0 Å². The van der Waals surface area contributed by atoms with E-state index in [9.17, 15) is 8.42 Å². The zero-order valence-electron chi connectivity index (χ0n) is 8.12. The molecule has 0 saturated heterocycles.